The van der Waals surface area contributed by atoms with E-state index in [2.05, 4.69) is 14.7 Å². The first-order valence-corrected chi connectivity index (χ1v) is 23.7. The van der Waals surface area contributed by atoms with E-state index in [9.17, 15) is 0 Å². The van der Waals surface area contributed by atoms with Crippen molar-refractivity contribution in [1.82, 2.24) is 0 Å². The van der Waals surface area contributed by atoms with Crippen molar-refractivity contribution in [2.24, 2.45) is 0 Å². The normalized spacial score (nSPS) is 16.2. The van der Waals surface area contributed by atoms with Gasteiger partial charge in [-0.25, -0.2) is 0 Å². The topological polar surface area (TPSA) is 106 Å². The van der Waals surface area contributed by atoms with Gasteiger partial charge in [0, 0.05) is 64.8 Å². The van der Waals surface area contributed by atoms with Crippen LogP contribution in [0.2, 0.25) is 0 Å². The quantitative estimate of drug-likeness (QED) is 0.0869. The van der Waals surface area contributed by atoms with Crippen LogP contribution in [0, 0.1) is 13.8 Å². The molecule has 0 atom stereocenters. The Morgan fingerprint density at radius 1 is 0.414 bits per heavy atom. The van der Waals surface area contributed by atoms with E-state index in [1.807, 2.05) is 72.8 Å². The molecule has 2 aromatic heterocycles. The Morgan fingerprint density at radius 2 is 0.686 bits per heavy atom. The van der Waals surface area contributed by atoms with Gasteiger partial charge in [-0.3, -0.25) is 0 Å². The molecule has 1 saturated heterocycles. The molecule has 0 bridgehead atoms. The third-order valence-electron chi connectivity index (χ3n) is 12.4. The minimum absolute atomic E-state index is 0.198. The van der Waals surface area contributed by atoms with Crippen LogP contribution >= 0.6 is 22.7 Å². The fraction of sp³-hybridized carbons (Fsp3) is 0.148. The van der Waals surface area contributed by atoms with Crippen LogP contribution in [0.25, 0.3) is 32.0 Å². The molecule has 2 aliphatic rings. The van der Waals surface area contributed by atoms with E-state index in [1.165, 1.54) is 26.0 Å². The van der Waals surface area contributed by atoms with Crippen molar-refractivity contribution in [3.05, 3.63) is 179 Å². The average Bonchev–Trinajstić information content (AvgIpc) is 3.96. The predicted molar refractivity (Wildman–Crippen MR) is 272 cm³/mol. The molecule has 0 unspecified atom stereocenters. The first-order chi connectivity index (χ1) is 33.4. The van der Waals surface area contributed by atoms with E-state index < -0.39 is 28.9 Å². The summed E-state index contributed by atoms with van der Waals surface area (Å²) in [6.07, 6.45) is 0. The van der Waals surface area contributed by atoms with Crippen LogP contribution in [0.3, 0.4) is 0 Å². The summed E-state index contributed by atoms with van der Waals surface area (Å²) in [4.78, 5) is 7.87. The van der Waals surface area contributed by atoms with Crippen LogP contribution in [0.5, 0.6) is 23.0 Å². The summed E-state index contributed by atoms with van der Waals surface area (Å²) in [7, 11) is 0. The van der Waals surface area contributed by atoms with Gasteiger partial charge in [0.1, 0.15) is 23.0 Å². The van der Waals surface area contributed by atoms with Gasteiger partial charge in [-0.1, -0.05) is 24.3 Å². The van der Waals surface area contributed by atoms with Gasteiger partial charge < -0.3 is 41.4 Å². The van der Waals surface area contributed by atoms with Crippen LogP contribution < -0.4 is 41.4 Å². The van der Waals surface area contributed by atoms with E-state index in [1.54, 1.807) is 72.8 Å². The van der Waals surface area contributed by atoms with Crippen LogP contribution in [0.15, 0.2) is 158 Å². The van der Waals surface area contributed by atoms with Gasteiger partial charge in [-0.15, -0.1) is 22.7 Å². The number of nitrogen functional groups attached to an aromatic ring is 3. The zero-order valence-electron chi connectivity index (χ0n) is 37.6. The summed E-state index contributed by atoms with van der Waals surface area (Å²) in [6.45, 7) is 4.43. The molecule has 0 radical (unpaired) electrons. The molecule has 0 saturated carbocycles. The lowest BCUT2D eigenvalue weighted by Gasteiger charge is -2.45. The zero-order valence-corrected chi connectivity index (χ0v) is 39.2. The van der Waals surface area contributed by atoms with Crippen molar-refractivity contribution in [3.63, 3.8) is 0 Å². The summed E-state index contributed by atoms with van der Waals surface area (Å²) in [5, 5.41) is 0. The largest absolute Gasteiger partial charge is 0.457 e. The standard InChI is InChI=1S/C54H44F6N6O2S2/c1-32-46(27-48(69-32)34-3-7-36(61)8-4-34)50-51(53(57,58)54(59,60)52(50,55)56)47-28-49(70-33(47)2)35-5-13-39(14-6-35)64-29-65(40-15-23-44(24-16-40)67-42-19-9-37(62)10-20-42)31-66(30-64)41-17-25-45(26-18-41)68-43-21-11-38(63)12-22-43/h3-28H,29-31,61-63H2,1-2H3. The minimum Gasteiger partial charge on any atom is -0.457 e. The number of hydrogen-bond acceptors (Lipinski definition) is 10. The lowest BCUT2D eigenvalue weighted by atomic mass is 9.94. The lowest BCUT2D eigenvalue weighted by Crippen LogP contribution is -2.55. The predicted octanol–water partition coefficient (Wildman–Crippen LogP) is 14.6. The second-order valence-corrected chi connectivity index (χ2v) is 19.7. The summed E-state index contributed by atoms with van der Waals surface area (Å²) < 4.78 is 107. The number of aryl methyl sites for hydroxylation is 2. The van der Waals surface area contributed by atoms with Crippen molar-refractivity contribution in [2.75, 3.05) is 51.9 Å². The van der Waals surface area contributed by atoms with Gasteiger partial charge in [0.25, 0.3) is 0 Å². The summed E-state index contributed by atoms with van der Waals surface area (Å²) in [5.41, 5.74) is 19.7. The highest BCUT2D eigenvalue weighted by molar-refractivity contribution is 7.16. The Morgan fingerprint density at radius 3 is 1.01 bits per heavy atom. The monoisotopic (exact) mass is 986 g/mol. The highest BCUT2D eigenvalue weighted by atomic mass is 32.1. The molecule has 6 aromatic carbocycles. The molecular weight excluding hydrogens is 943 g/mol. The number of benzene rings is 6. The van der Waals surface area contributed by atoms with Crippen LogP contribution in [0.1, 0.15) is 20.9 Å². The molecule has 1 aliphatic carbocycles. The summed E-state index contributed by atoms with van der Waals surface area (Å²) >= 11 is 2.13. The van der Waals surface area contributed by atoms with E-state index >= 15 is 26.3 Å². The van der Waals surface area contributed by atoms with Gasteiger partial charge >= 0.3 is 17.8 Å². The highest BCUT2D eigenvalue weighted by Crippen LogP contribution is 2.66. The van der Waals surface area contributed by atoms with Crippen molar-refractivity contribution in [2.45, 2.75) is 31.6 Å². The molecule has 0 spiro atoms. The van der Waals surface area contributed by atoms with Gasteiger partial charge in [0.2, 0.25) is 0 Å². The van der Waals surface area contributed by atoms with E-state index in [-0.39, 0.29) is 20.9 Å². The molecule has 6 N–H and O–H groups in total. The van der Waals surface area contributed by atoms with E-state index in [4.69, 9.17) is 26.7 Å². The maximum Gasteiger partial charge on any atom is 0.380 e. The molecule has 1 fully saturated rings. The smallest absolute Gasteiger partial charge is 0.380 e. The maximum absolute atomic E-state index is 16.1. The molecule has 3 heterocycles. The van der Waals surface area contributed by atoms with Gasteiger partial charge in [-0.2, -0.15) is 26.3 Å². The van der Waals surface area contributed by atoms with E-state index in [0.29, 0.717) is 80.9 Å². The number of nitrogens with zero attached hydrogens (tertiary/aromatic N) is 3. The third kappa shape index (κ3) is 8.51. The number of hydrogen-bond donors (Lipinski definition) is 3. The summed E-state index contributed by atoms with van der Waals surface area (Å²) in [6, 6.07) is 46.4. The Hall–Kier alpha value is -7.56. The molecule has 8 aromatic rings. The third-order valence-corrected chi connectivity index (χ3v) is 14.6. The number of halogens is 6. The van der Waals surface area contributed by atoms with Crippen molar-refractivity contribution < 1.29 is 35.8 Å². The zero-order chi connectivity index (χ0) is 49.1. The second-order valence-electron chi connectivity index (χ2n) is 17.2. The molecule has 8 nitrogen and oxygen atoms in total. The van der Waals surface area contributed by atoms with Crippen molar-refractivity contribution >= 4 is 67.9 Å². The molecule has 10 rings (SSSR count). The molecule has 16 heteroatoms. The van der Waals surface area contributed by atoms with Crippen LogP contribution in [-0.4, -0.2) is 37.8 Å². The van der Waals surface area contributed by atoms with Crippen LogP contribution in [-0.2, 0) is 0 Å². The lowest BCUT2D eigenvalue weighted by molar-refractivity contribution is -0.254. The van der Waals surface area contributed by atoms with Crippen LogP contribution in [0.4, 0.5) is 60.5 Å². The number of rotatable bonds is 11. The Labute approximate surface area is 408 Å². The van der Waals surface area contributed by atoms with Gasteiger partial charge in [0.05, 0.1) is 20.0 Å². The average molecular weight is 987 g/mol. The Kier molecular flexibility index (Phi) is 11.7. The Balaban J connectivity index is 0.952. The fourth-order valence-electron chi connectivity index (χ4n) is 8.70. The SMILES string of the molecule is Cc1sc(-c2ccc(N)cc2)cc1C1=C(c2cc(-c3ccc(N4CN(c5ccc(Oc6ccc(N)cc6)cc5)CN(c5ccc(Oc6ccc(N)cc6)cc5)C4)cc3)sc2C)C(F)(F)C(F)(F)C1(F)F. The number of allylic oxidation sites excluding steroid dienone is 2. The van der Waals surface area contributed by atoms with Crippen molar-refractivity contribution in [1.29, 1.82) is 0 Å². The first-order valence-electron chi connectivity index (χ1n) is 22.0. The molecule has 0 amide bonds. The first kappa shape index (κ1) is 46.2. The minimum atomic E-state index is -5.69. The number of ether oxygens (including phenoxy) is 2. The molecule has 1 aliphatic heterocycles. The van der Waals surface area contributed by atoms with Crippen molar-refractivity contribution in [3.8, 4) is 43.9 Å². The number of thiophene rings is 2. The molecule has 356 valence electrons. The summed E-state index contributed by atoms with van der Waals surface area (Å²) in [5.74, 6) is -13.5. The van der Waals surface area contributed by atoms with E-state index in [0.717, 1.165) is 39.7 Å². The van der Waals surface area contributed by atoms with Gasteiger partial charge in [0.15, 0.2) is 0 Å². The Bertz CT molecular complexity index is 3110. The maximum atomic E-state index is 16.1. The van der Waals surface area contributed by atoms with Gasteiger partial charge in [-0.05, 0) is 170 Å². The molecule has 70 heavy (non-hydrogen) atoms. The number of nitrogens with two attached hydrogens (primary N) is 3. The second kappa shape index (κ2) is 17.8. The molecular formula is C54H44F6N6O2S2. The number of anilines is 6. The fourth-order valence-corrected chi connectivity index (χ4v) is 10.8. The number of alkyl halides is 6. The highest BCUT2D eigenvalue weighted by Gasteiger charge is 2.80.